The van der Waals surface area contributed by atoms with Gasteiger partial charge in [0.1, 0.15) is 5.75 Å². The maximum Gasteiger partial charge on any atom is 0.258 e. The van der Waals surface area contributed by atoms with E-state index in [2.05, 4.69) is 17.4 Å². The van der Waals surface area contributed by atoms with Crippen molar-refractivity contribution < 1.29 is 9.53 Å². The lowest BCUT2D eigenvalue weighted by atomic mass is 10.1. The van der Waals surface area contributed by atoms with Crippen molar-refractivity contribution in [3.05, 3.63) is 64.2 Å². The molecule has 0 spiro atoms. The highest BCUT2D eigenvalue weighted by atomic mass is 35.5. The lowest BCUT2D eigenvalue weighted by molar-refractivity contribution is -0.123. The maximum atomic E-state index is 12.1. The summed E-state index contributed by atoms with van der Waals surface area (Å²) in [7, 11) is 0. The number of aryl methyl sites for hydroxylation is 2. The van der Waals surface area contributed by atoms with Gasteiger partial charge in [-0.2, -0.15) is 0 Å². The molecule has 0 saturated heterocycles. The van der Waals surface area contributed by atoms with Gasteiger partial charge >= 0.3 is 0 Å². The topological polar surface area (TPSA) is 38.3 Å². The van der Waals surface area contributed by atoms with E-state index in [-0.39, 0.29) is 18.6 Å². The molecule has 0 aromatic heterocycles. The van der Waals surface area contributed by atoms with Crippen LogP contribution in [0.4, 0.5) is 0 Å². The summed E-state index contributed by atoms with van der Waals surface area (Å²) in [5.41, 5.74) is 3.57. The number of amides is 1. The van der Waals surface area contributed by atoms with Gasteiger partial charge in [-0.15, -0.1) is 0 Å². The number of benzene rings is 2. The van der Waals surface area contributed by atoms with Gasteiger partial charge in [-0.3, -0.25) is 4.79 Å². The fourth-order valence-electron chi connectivity index (χ4n) is 2.81. The normalized spacial score (nSPS) is 16.2. The number of carbonyl (C=O) groups excluding carboxylic acids is 1. The number of nitrogens with one attached hydrogen (secondary N) is 1. The molecule has 1 amide bonds. The van der Waals surface area contributed by atoms with Crippen LogP contribution in [-0.4, -0.2) is 12.5 Å². The summed E-state index contributed by atoms with van der Waals surface area (Å²) in [6, 6.07) is 13.8. The van der Waals surface area contributed by atoms with Crippen molar-refractivity contribution in [1.29, 1.82) is 0 Å². The molecule has 0 fully saturated rings. The van der Waals surface area contributed by atoms with E-state index in [1.807, 2.05) is 31.2 Å². The third-order valence-corrected chi connectivity index (χ3v) is 4.23. The van der Waals surface area contributed by atoms with E-state index >= 15 is 0 Å². The third-order valence-electron chi connectivity index (χ3n) is 3.91. The lowest BCUT2D eigenvalue weighted by Crippen LogP contribution is -2.31. The van der Waals surface area contributed by atoms with Crippen LogP contribution < -0.4 is 10.1 Å². The number of halogens is 1. The number of rotatable bonds is 4. The third kappa shape index (κ3) is 3.25. The Kier molecular flexibility index (Phi) is 4.34. The van der Waals surface area contributed by atoms with Gasteiger partial charge in [-0.1, -0.05) is 41.9 Å². The summed E-state index contributed by atoms with van der Waals surface area (Å²) >= 11 is 6.06. The van der Waals surface area contributed by atoms with Gasteiger partial charge in [0.25, 0.3) is 5.91 Å². The van der Waals surface area contributed by atoms with Gasteiger partial charge in [-0.05, 0) is 48.6 Å². The van der Waals surface area contributed by atoms with E-state index < -0.39 is 0 Å². The fourth-order valence-corrected chi connectivity index (χ4v) is 2.98. The first kappa shape index (κ1) is 14.9. The van der Waals surface area contributed by atoms with Crippen molar-refractivity contribution in [3.8, 4) is 5.75 Å². The van der Waals surface area contributed by atoms with E-state index in [1.54, 1.807) is 6.07 Å². The van der Waals surface area contributed by atoms with Crippen LogP contribution in [0.5, 0.6) is 5.75 Å². The molecule has 1 aliphatic carbocycles. The van der Waals surface area contributed by atoms with Gasteiger partial charge < -0.3 is 10.1 Å². The first-order chi connectivity index (χ1) is 10.6. The highest BCUT2D eigenvalue weighted by Gasteiger charge is 2.23. The monoisotopic (exact) mass is 315 g/mol. The van der Waals surface area contributed by atoms with Crippen LogP contribution in [0.25, 0.3) is 0 Å². The van der Waals surface area contributed by atoms with E-state index in [0.29, 0.717) is 10.8 Å². The average molecular weight is 316 g/mol. The SMILES string of the molecule is Cc1ccc(Cl)c(OCC(=O)N[C@@H]2CCc3ccccc32)c1. The Morgan fingerprint density at radius 1 is 1.32 bits per heavy atom. The van der Waals surface area contributed by atoms with Crippen molar-refractivity contribution in [1.82, 2.24) is 5.32 Å². The predicted octanol–water partition coefficient (Wildman–Crippen LogP) is 3.83. The molecule has 2 aromatic carbocycles. The molecule has 1 N–H and O–H groups in total. The number of hydrogen-bond donors (Lipinski definition) is 1. The van der Waals surface area contributed by atoms with Crippen LogP contribution in [0.3, 0.4) is 0 Å². The minimum absolute atomic E-state index is 0.0260. The summed E-state index contributed by atoms with van der Waals surface area (Å²) in [5, 5.41) is 3.55. The quantitative estimate of drug-likeness (QED) is 0.931. The minimum Gasteiger partial charge on any atom is -0.482 e. The second-order valence-electron chi connectivity index (χ2n) is 5.58. The zero-order chi connectivity index (χ0) is 15.5. The summed E-state index contributed by atoms with van der Waals surface area (Å²) in [6.07, 6.45) is 1.95. The van der Waals surface area contributed by atoms with E-state index in [9.17, 15) is 4.79 Å². The molecule has 3 rings (SSSR count). The Bertz CT molecular complexity index is 699. The molecule has 2 aromatic rings. The first-order valence-electron chi connectivity index (χ1n) is 7.39. The molecule has 0 unspecified atom stereocenters. The van der Waals surface area contributed by atoms with Gasteiger partial charge in [-0.25, -0.2) is 0 Å². The molecule has 1 atom stereocenters. The lowest BCUT2D eigenvalue weighted by Gasteiger charge is -2.15. The van der Waals surface area contributed by atoms with Crippen LogP contribution in [-0.2, 0) is 11.2 Å². The molecule has 22 heavy (non-hydrogen) atoms. The summed E-state index contributed by atoms with van der Waals surface area (Å²) in [4.78, 5) is 12.1. The van der Waals surface area contributed by atoms with Crippen molar-refractivity contribution in [2.75, 3.05) is 6.61 Å². The Morgan fingerprint density at radius 3 is 3.00 bits per heavy atom. The molecule has 114 valence electrons. The van der Waals surface area contributed by atoms with Crippen LogP contribution in [0.2, 0.25) is 5.02 Å². The van der Waals surface area contributed by atoms with E-state index in [1.165, 1.54) is 11.1 Å². The molecule has 1 aliphatic rings. The highest BCUT2D eigenvalue weighted by molar-refractivity contribution is 6.32. The van der Waals surface area contributed by atoms with Crippen LogP contribution in [0, 0.1) is 6.92 Å². The molecule has 0 aliphatic heterocycles. The summed E-state index contributed by atoms with van der Waals surface area (Å²) in [5.74, 6) is 0.419. The van der Waals surface area contributed by atoms with E-state index in [4.69, 9.17) is 16.3 Å². The predicted molar refractivity (Wildman–Crippen MR) is 87.3 cm³/mol. The highest BCUT2D eigenvalue weighted by Crippen LogP contribution is 2.30. The maximum absolute atomic E-state index is 12.1. The molecular formula is C18H18ClNO2. The number of fused-ring (bicyclic) bond motifs is 1. The minimum atomic E-state index is -0.126. The van der Waals surface area contributed by atoms with Gasteiger partial charge in [0.2, 0.25) is 0 Å². The largest absolute Gasteiger partial charge is 0.482 e. The Balaban J connectivity index is 1.59. The molecule has 0 bridgehead atoms. The Hall–Kier alpha value is -2.00. The zero-order valence-electron chi connectivity index (χ0n) is 12.4. The van der Waals surface area contributed by atoms with Gasteiger partial charge in [0.15, 0.2) is 6.61 Å². The van der Waals surface area contributed by atoms with Gasteiger partial charge in [0, 0.05) is 0 Å². The number of hydrogen-bond acceptors (Lipinski definition) is 2. The van der Waals surface area contributed by atoms with Gasteiger partial charge in [0.05, 0.1) is 11.1 Å². The zero-order valence-corrected chi connectivity index (χ0v) is 13.2. The Morgan fingerprint density at radius 2 is 2.14 bits per heavy atom. The first-order valence-corrected chi connectivity index (χ1v) is 7.77. The molecule has 0 saturated carbocycles. The average Bonchev–Trinajstić information content (AvgIpc) is 2.91. The van der Waals surface area contributed by atoms with Crippen LogP contribution in [0.1, 0.15) is 29.2 Å². The van der Waals surface area contributed by atoms with Crippen molar-refractivity contribution in [3.63, 3.8) is 0 Å². The van der Waals surface area contributed by atoms with Crippen LogP contribution in [0.15, 0.2) is 42.5 Å². The van der Waals surface area contributed by atoms with Crippen molar-refractivity contribution in [2.45, 2.75) is 25.8 Å². The van der Waals surface area contributed by atoms with Crippen molar-refractivity contribution in [2.24, 2.45) is 0 Å². The molecular weight excluding hydrogens is 298 g/mol. The number of ether oxygens (including phenoxy) is 1. The second-order valence-corrected chi connectivity index (χ2v) is 5.99. The molecule has 3 nitrogen and oxygen atoms in total. The van der Waals surface area contributed by atoms with Crippen molar-refractivity contribution >= 4 is 17.5 Å². The molecule has 4 heteroatoms. The molecule has 0 radical (unpaired) electrons. The second kappa shape index (κ2) is 6.41. The van der Waals surface area contributed by atoms with Crippen LogP contribution >= 0.6 is 11.6 Å². The summed E-state index contributed by atoms with van der Waals surface area (Å²) in [6.45, 7) is 1.93. The molecule has 0 heterocycles. The standard InChI is InChI=1S/C18H18ClNO2/c1-12-6-8-15(19)17(10-12)22-11-18(21)20-16-9-7-13-4-2-3-5-14(13)16/h2-6,8,10,16H,7,9,11H2,1H3,(H,20,21)/t16-/m1/s1. The smallest absolute Gasteiger partial charge is 0.258 e. The summed E-state index contributed by atoms with van der Waals surface area (Å²) < 4.78 is 5.53. The fraction of sp³-hybridized carbons (Fsp3) is 0.278. The number of carbonyl (C=O) groups is 1. The van der Waals surface area contributed by atoms with E-state index in [0.717, 1.165) is 18.4 Å². The Labute approximate surface area is 135 Å².